The smallest absolute Gasteiger partial charge is 0.266 e. The average molecular weight is 251 g/mol. The standard InChI is InChI=1S/C9H9N5O2S/c10-7(14-16)5-4-11-13-8(5)12-9(15)6-2-1-3-17-6/h1-4,16H,(H2,10,14)(H2,11,12,13,15). The van der Waals surface area contributed by atoms with E-state index in [0.717, 1.165) is 0 Å². The molecule has 0 aliphatic carbocycles. The zero-order chi connectivity index (χ0) is 12.3. The summed E-state index contributed by atoms with van der Waals surface area (Å²) < 4.78 is 0. The number of amides is 1. The first kappa shape index (κ1) is 11.1. The summed E-state index contributed by atoms with van der Waals surface area (Å²) in [6.07, 6.45) is 1.36. The molecule has 0 atom stereocenters. The van der Waals surface area contributed by atoms with Crippen LogP contribution >= 0.6 is 11.3 Å². The Labute approximate surface area is 100.0 Å². The molecule has 0 aromatic carbocycles. The van der Waals surface area contributed by atoms with E-state index in [1.165, 1.54) is 17.5 Å². The van der Waals surface area contributed by atoms with Crippen LogP contribution in [0.2, 0.25) is 0 Å². The van der Waals surface area contributed by atoms with Gasteiger partial charge in [0.1, 0.15) is 5.82 Å². The number of thiophene rings is 1. The summed E-state index contributed by atoms with van der Waals surface area (Å²) in [5, 5.41) is 22.1. The molecule has 2 rings (SSSR count). The molecule has 0 saturated heterocycles. The molecule has 17 heavy (non-hydrogen) atoms. The van der Waals surface area contributed by atoms with Gasteiger partial charge >= 0.3 is 0 Å². The number of nitrogens with zero attached hydrogens (tertiary/aromatic N) is 2. The molecule has 2 aromatic heterocycles. The van der Waals surface area contributed by atoms with Gasteiger partial charge in [-0.2, -0.15) is 5.10 Å². The molecule has 0 fully saturated rings. The van der Waals surface area contributed by atoms with Crippen molar-refractivity contribution in [3.8, 4) is 0 Å². The summed E-state index contributed by atoms with van der Waals surface area (Å²) in [7, 11) is 0. The zero-order valence-corrected chi connectivity index (χ0v) is 9.36. The monoisotopic (exact) mass is 251 g/mol. The lowest BCUT2D eigenvalue weighted by Gasteiger charge is -2.02. The molecule has 0 unspecified atom stereocenters. The SMILES string of the molecule is NC(=NO)c1cn[nH]c1NC(=O)c1cccs1. The zero-order valence-electron chi connectivity index (χ0n) is 8.54. The van der Waals surface area contributed by atoms with Gasteiger partial charge in [0.05, 0.1) is 16.6 Å². The highest BCUT2D eigenvalue weighted by molar-refractivity contribution is 7.12. The van der Waals surface area contributed by atoms with Crippen LogP contribution in [0, 0.1) is 0 Å². The first-order chi connectivity index (χ1) is 8.22. The number of anilines is 1. The predicted octanol–water partition coefficient (Wildman–Crippen LogP) is 0.818. The van der Waals surface area contributed by atoms with E-state index in [4.69, 9.17) is 10.9 Å². The molecule has 2 heterocycles. The fraction of sp³-hybridized carbons (Fsp3) is 0. The van der Waals surface area contributed by atoms with E-state index in [-0.39, 0.29) is 11.7 Å². The summed E-state index contributed by atoms with van der Waals surface area (Å²) in [4.78, 5) is 12.3. The van der Waals surface area contributed by atoms with Crippen molar-refractivity contribution in [1.29, 1.82) is 0 Å². The van der Waals surface area contributed by atoms with Crippen LogP contribution in [0.15, 0.2) is 28.9 Å². The molecule has 7 nitrogen and oxygen atoms in total. The number of oxime groups is 1. The summed E-state index contributed by atoms with van der Waals surface area (Å²) in [5.74, 6) is -0.116. The molecule has 88 valence electrons. The number of carbonyl (C=O) groups is 1. The minimum Gasteiger partial charge on any atom is -0.409 e. The van der Waals surface area contributed by atoms with Crippen molar-refractivity contribution in [2.45, 2.75) is 0 Å². The van der Waals surface area contributed by atoms with Gasteiger partial charge in [-0.1, -0.05) is 11.2 Å². The molecule has 5 N–H and O–H groups in total. The van der Waals surface area contributed by atoms with Crippen molar-refractivity contribution < 1.29 is 10.0 Å². The number of hydrogen-bond acceptors (Lipinski definition) is 5. The second-order valence-electron chi connectivity index (χ2n) is 3.08. The van der Waals surface area contributed by atoms with Gasteiger partial charge < -0.3 is 16.3 Å². The Hall–Kier alpha value is -2.35. The Morgan fingerprint density at radius 1 is 1.65 bits per heavy atom. The van der Waals surface area contributed by atoms with E-state index in [0.29, 0.717) is 16.3 Å². The van der Waals surface area contributed by atoms with E-state index >= 15 is 0 Å². The second-order valence-corrected chi connectivity index (χ2v) is 4.02. The highest BCUT2D eigenvalue weighted by Gasteiger charge is 2.13. The lowest BCUT2D eigenvalue weighted by Crippen LogP contribution is -2.17. The quantitative estimate of drug-likeness (QED) is 0.279. The summed E-state index contributed by atoms with van der Waals surface area (Å²) in [6, 6.07) is 3.47. The van der Waals surface area contributed by atoms with E-state index in [2.05, 4.69) is 20.7 Å². The highest BCUT2D eigenvalue weighted by atomic mass is 32.1. The van der Waals surface area contributed by atoms with E-state index in [1.807, 2.05) is 0 Å². The largest absolute Gasteiger partial charge is 0.409 e. The van der Waals surface area contributed by atoms with E-state index in [9.17, 15) is 4.79 Å². The maximum absolute atomic E-state index is 11.7. The van der Waals surface area contributed by atoms with E-state index < -0.39 is 0 Å². The third kappa shape index (κ3) is 2.26. The van der Waals surface area contributed by atoms with Crippen molar-refractivity contribution in [3.05, 3.63) is 34.2 Å². The summed E-state index contributed by atoms with van der Waals surface area (Å²) in [6.45, 7) is 0. The number of nitrogens with one attached hydrogen (secondary N) is 2. The minimum atomic E-state index is -0.281. The topological polar surface area (TPSA) is 116 Å². The molecule has 0 bridgehead atoms. The van der Waals surface area contributed by atoms with Crippen molar-refractivity contribution >= 4 is 28.9 Å². The van der Waals surface area contributed by atoms with Crippen LogP contribution in [-0.4, -0.2) is 27.1 Å². The summed E-state index contributed by atoms with van der Waals surface area (Å²) >= 11 is 1.32. The van der Waals surface area contributed by atoms with Crippen molar-refractivity contribution in [1.82, 2.24) is 10.2 Å². The Morgan fingerprint density at radius 3 is 3.12 bits per heavy atom. The number of rotatable bonds is 3. The first-order valence-corrected chi connectivity index (χ1v) is 5.46. The van der Waals surface area contributed by atoms with Gasteiger partial charge in [0, 0.05) is 0 Å². The fourth-order valence-corrected chi connectivity index (χ4v) is 1.83. The number of amidine groups is 1. The van der Waals surface area contributed by atoms with Crippen LogP contribution < -0.4 is 11.1 Å². The van der Waals surface area contributed by atoms with Gasteiger partial charge in [-0.25, -0.2) is 0 Å². The van der Waals surface area contributed by atoms with Crippen LogP contribution in [0.3, 0.4) is 0 Å². The Morgan fingerprint density at radius 2 is 2.47 bits per heavy atom. The number of nitrogens with two attached hydrogens (primary N) is 1. The number of carbonyl (C=O) groups excluding carboxylic acids is 1. The fourth-order valence-electron chi connectivity index (χ4n) is 1.21. The van der Waals surface area contributed by atoms with Crippen LogP contribution in [0.1, 0.15) is 15.2 Å². The molecule has 0 spiro atoms. The molecule has 1 amide bonds. The third-order valence-electron chi connectivity index (χ3n) is 2.01. The molecule has 0 aliphatic heterocycles. The average Bonchev–Trinajstić information content (AvgIpc) is 2.98. The second kappa shape index (κ2) is 4.66. The molecule has 0 radical (unpaired) electrons. The Balaban J connectivity index is 2.20. The van der Waals surface area contributed by atoms with Crippen LogP contribution in [0.5, 0.6) is 0 Å². The van der Waals surface area contributed by atoms with Gasteiger partial charge in [-0.3, -0.25) is 9.89 Å². The lowest BCUT2D eigenvalue weighted by molar-refractivity contribution is 0.103. The minimum absolute atomic E-state index is 0.125. The number of aromatic amines is 1. The molecule has 8 heteroatoms. The van der Waals surface area contributed by atoms with Crippen LogP contribution in [0.4, 0.5) is 5.82 Å². The number of H-pyrrole nitrogens is 1. The van der Waals surface area contributed by atoms with Gasteiger partial charge in [-0.15, -0.1) is 11.3 Å². The lowest BCUT2D eigenvalue weighted by atomic mass is 10.3. The third-order valence-corrected chi connectivity index (χ3v) is 2.88. The Kier molecular flexibility index (Phi) is 3.06. The molecular formula is C9H9N5O2S. The molecule has 0 saturated carbocycles. The van der Waals surface area contributed by atoms with Crippen molar-refractivity contribution in [3.63, 3.8) is 0 Å². The van der Waals surface area contributed by atoms with Crippen molar-refractivity contribution in [2.24, 2.45) is 10.9 Å². The molecular weight excluding hydrogens is 242 g/mol. The first-order valence-electron chi connectivity index (χ1n) is 4.58. The highest BCUT2D eigenvalue weighted by Crippen LogP contribution is 2.14. The summed E-state index contributed by atoms with van der Waals surface area (Å²) in [5.41, 5.74) is 5.76. The van der Waals surface area contributed by atoms with Gasteiger partial charge in [-0.05, 0) is 11.4 Å². The Bertz CT molecular complexity index is 545. The maximum Gasteiger partial charge on any atom is 0.266 e. The van der Waals surface area contributed by atoms with Gasteiger partial charge in [0.2, 0.25) is 0 Å². The predicted molar refractivity (Wildman–Crippen MR) is 63.4 cm³/mol. The molecule has 2 aromatic rings. The van der Waals surface area contributed by atoms with Crippen LogP contribution in [-0.2, 0) is 0 Å². The molecule has 0 aliphatic rings. The number of aromatic nitrogens is 2. The van der Waals surface area contributed by atoms with E-state index in [1.54, 1.807) is 17.5 Å². The van der Waals surface area contributed by atoms with Crippen LogP contribution in [0.25, 0.3) is 0 Å². The van der Waals surface area contributed by atoms with Gasteiger partial charge in [0.25, 0.3) is 5.91 Å². The number of hydrogen-bond donors (Lipinski definition) is 4. The normalized spacial score (nSPS) is 11.4. The maximum atomic E-state index is 11.7. The van der Waals surface area contributed by atoms with Crippen molar-refractivity contribution in [2.75, 3.05) is 5.32 Å². The van der Waals surface area contributed by atoms with Gasteiger partial charge in [0.15, 0.2) is 5.84 Å².